The Hall–Kier alpha value is -5.95. The Morgan fingerprint density at radius 3 is 2.12 bits per heavy atom. The molecule has 6 heteroatoms. The topological polar surface area (TPSA) is 51.8 Å². The summed E-state index contributed by atoms with van der Waals surface area (Å²) in [6.07, 6.45) is 6.66. The van der Waals surface area contributed by atoms with E-state index in [4.69, 9.17) is 19.4 Å². The molecule has 4 nitrogen and oxygen atoms in total. The number of benzene rings is 6. The summed E-state index contributed by atoms with van der Waals surface area (Å²) in [4.78, 5) is 16.7. The Morgan fingerprint density at radius 1 is 0.510 bits per heavy atom. The SMILES string of the molecule is C1=Cc2sc3c(-c4nc(-c5ccccc5)nc(-c5cccc6c5oc5cc(-c7cccc8c7sc7ccccc78)ccc56)n4)cccc3c2CC1. The first kappa shape index (κ1) is 28.8. The molecule has 10 aromatic rings. The van der Waals surface area contributed by atoms with Crippen LogP contribution in [0.5, 0.6) is 0 Å². The van der Waals surface area contributed by atoms with Crippen LogP contribution in [0.3, 0.4) is 0 Å². The van der Waals surface area contributed by atoms with Crippen LogP contribution in [0.4, 0.5) is 0 Å². The zero-order chi connectivity index (χ0) is 33.5. The number of rotatable bonds is 4. The minimum atomic E-state index is 0.594. The van der Waals surface area contributed by atoms with E-state index < -0.39 is 0 Å². The fourth-order valence-corrected chi connectivity index (χ4v) is 10.2. The molecule has 0 fully saturated rings. The maximum atomic E-state index is 6.79. The van der Waals surface area contributed by atoms with Gasteiger partial charge in [-0.25, -0.2) is 15.0 Å². The maximum Gasteiger partial charge on any atom is 0.167 e. The van der Waals surface area contributed by atoms with Gasteiger partial charge in [-0.2, -0.15) is 0 Å². The van der Waals surface area contributed by atoms with Crippen molar-refractivity contribution in [1.82, 2.24) is 15.0 Å². The highest BCUT2D eigenvalue weighted by atomic mass is 32.1. The lowest BCUT2D eigenvalue weighted by atomic mass is 10.00. The highest BCUT2D eigenvalue weighted by Gasteiger charge is 2.21. The molecule has 240 valence electrons. The summed E-state index contributed by atoms with van der Waals surface area (Å²) in [6.45, 7) is 0. The van der Waals surface area contributed by atoms with Crippen LogP contribution in [-0.4, -0.2) is 15.0 Å². The van der Waals surface area contributed by atoms with Crippen molar-refractivity contribution < 1.29 is 4.42 Å². The Balaban J connectivity index is 1.10. The number of hydrogen-bond donors (Lipinski definition) is 0. The third-order valence-electron chi connectivity index (χ3n) is 10.0. The molecule has 1 aliphatic carbocycles. The van der Waals surface area contributed by atoms with Crippen molar-refractivity contribution in [2.45, 2.75) is 12.8 Å². The monoisotopic (exact) mass is 689 g/mol. The molecular formula is C45H27N3OS2. The van der Waals surface area contributed by atoms with E-state index in [1.54, 1.807) is 0 Å². The number of furan rings is 1. The number of fused-ring (bicyclic) bond motifs is 9. The second kappa shape index (κ2) is 11.3. The third-order valence-corrected chi connectivity index (χ3v) is 12.5. The molecule has 51 heavy (non-hydrogen) atoms. The molecule has 0 bridgehead atoms. The van der Waals surface area contributed by atoms with Gasteiger partial charge in [0.1, 0.15) is 11.2 Å². The van der Waals surface area contributed by atoms with Gasteiger partial charge in [0.15, 0.2) is 17.5 Å². The lowest BCUT2D eigenvalue weighted by Crippen LogP contribution is -2.00. The maximum absolute atomic E-state index is 6.79. The first-order valence-electron chi connectivity index (χ1n) is 17.2. The number of hydrogen-bond acceptors (Lipinski definition) is 6. The van der Waals surface area contributed by atoms with Crippen molar-refractivity contribution in [3.8, 4) is 45.3 Å². The van der Waals surface area contributed by atoms with Crippen LogP contribution in [0.15, 0.2) is 138 Å². The normalized spacial score (nSPS) is 12.9. The average Bonchev–Trinajstić information content (AvgIpc) is 3.89. The molecule has 0 saturated carbocycles. The predicted molar refractivity (Wildman–Crippen MR) is 214 cm³/mol. The molecule has 4 aromatic heterocycles. The predicted octanol–water partition coefficient (Wildman–Crippen LogP) is 13.0. The van der Waals surface area contributed by atoms with Crippen LogP contribution in [0.1, 0.15) is 16.9 Å². The van der Waals surface area contributed by atoms with E-state index >= 15 is 0 Å². The molecule has 11 rings (SSSR count). The van der Waals surface area contributed by atoms with E-state index in [0.29, 0.717) is 17.5 Å². The van der Waals surface area contributed by atoms with Gasteiger partial charge in [-0.1, -0.05) is 103 Å². The standard InChI is InChI=1S/C45H27N3OS2/c1-2-11-26(12-3-1)43-46-44(48-45(47-43)36-20-10-18-34-31-14-5-7-22-39(31)51-42(34)36)35-19-9-16-32-29-24-23-27(25-37(29)49-40(32)35)28-15-8-17-33-30-13-4-6-21-38(30)50-41(28)33/h1-4,6-13,15-25H,5,14H2. The quantitative estimate of drug-likeness (QED) is 0.185. The molecule has 0 aliphatic heterocycles. The summed E-state index contributed by atoms with van der Waals surface area (Å²) in [7, 11) is 0. The van der Waals surface area contributed by atoms with E-state index in [0.717, 1.165) is 57.0 Å². The molecule has 4 heterocycles. The van der Waals surface area contributed by atoms with Crippen LogP contribution in [0, 0.1) is 0 Å². The molecule has 0 saturated heterocycles. The summed E-state index contributed by atoms with van der Waals surface area (Å²) in [6, 6.07) is 44.8. The number of aromatic nitrogens is 3. The van der Waals surface area contributed by atoms with Gasteiger partial charge in [0, 0.05) is 51.6 Å². The molecule has 0 atom stereocenters. The summed E-state index contributed by atoms with van der Waals surface area (Å²) in [5, 5.41) is 5.99. The fourth-order valence-electron chi connectivity index (χ4n) is 7.63. The Bertz CT molecular complexity index is 3040. The molecule has 0 unspecified atom stereocenters. The molecule has 0 spiro atoms. The summed E-state index contributed by atoms with van der Waals surface area (Å²) in [5.41, 5.74) is 8.20. The number of thiophene rings is 2. The van der Waals surface area contributed by atoms with E-state index in [-0.39, 0.29) is 0 Å². The molecular weight excluding hydrogens is 663 g/mol. The van der Waals surface area contributed by atoms with Crippen LogP contribution in [0.2, 0.25) is 0 Å². The zero-order valence-corrected chi connectivity index (χ0v) is 28.9. The minimum absolute atomic E-state index is 0.594. The van der Waals surface area contributed by atoms with Crippen molar-refractivity contribution >= 4 is 80.9 Å². The van der Waals surface area contributed by atoms with E-state index in [1.807, 2.05) is 40.9 Å². The lowest BCUT2D eigenvalue weighted by molar-refractivity contribution is 0.669. The molecule has 0 amide bonds. The fraction of sp³-hybridized carbons (Fsp3) is 0.0444. The molecule has 0 N–H and O–H groups in total. The van der Waals surface area contributed by atoms with Gasteiger partial charge in [-0.3, -0.25) is 0 Å². The largest absolute Gasteiger partial charge is 0.455 e. The van der Waals surface area contributed by atoms with Gasteiger partial charge in [0.2, 0.25) is 0 Å². The van der Waals surface area contributed by atoms with E-state index in [9.17, 15) is 0 Å². The molecule has 0 radical (unpaired) electrons. The summed E-state index contributed by atoms with van der Waals surface area (Å²) < 4.78 is 10.6. The smallest absolute Gasteiger partial charge is 0.167 e. The van der Waals surface area contributed by atoms with Gasteiger partial charge < -0.3 is 4.42 Å². The van der Waals surface area contributed by atoms with Gasteiger partial charge >= 0.3 is 0 Å². The zero-order valence-electron chi connectivity index (χ0n) is 27.3. The van der Waals surface area contributed by atoms with Crippen molar-refractivity contribution in [3.63, 3.8) is 0 Å². The second-order valence-corrected chi connectivity index (χ2v) is 15.1. The first-order valence-corrected chi connectivity index (χ1v) is 18.8. The van der Waals surface area contributed by atoms with Crippen molar-refractivity contribution in [3.05, 3.63) is 144 Å². The second-order valence-electron chi connectivity index (χ2n) is 13.0. The number of nitrogens with zero attached hydrogens (tertiary/aromatic N) is 3. The first-order chi connectivity index (χ1) is 25.3. The third kappa shape index (κ3) is 4.54. The van der Waals surface area contributed by atoms with Gasteiger partial charge in [-0.15, -0.1) is 22.7 Å². The Morgan fingerprint density at radius 2 is 1.22 bits per heavy atom. The lowest BCUT2D eigenvalue weighted by Gasteiger charge is -2.09. The highest BCUT2D eigenvalue weighted by Crippen LogP contribution is 2.44. The van der Waals surface area contributed by atoms with E-state index in [2.05, 4.69) is 121 Å². The van der Waals surface area contributed by atoms with Crippen LogP contribution in [-0.2, 0) is 6.42 Å². The number of para-hydroxylation sites is 1. The number of aryl methyl sites for hydroxylation is 1. The van der Waals surface area contributed by atoms with Crippen molar-refractivity contribution in [2.75, 3.05) is 0 Å². The summed E-state index contributed by atoms with van der Waals surface area (Å²) >= 11 is 3.67. The van der Waals surface area contributed by atoms with Gasteiger partial charge in [-0.05, 0) is 71.3 Å². The summed E-state index contributed by atoms with van der Waals surface area (Å²) in [5.74, 6) is 1.90. The molecule has 1 aliphatic rings. The van der Waals surface area contributed by atoms with Crippen LogP contribution in [0.25, 0.3) is 104 Å². The van der Waals surface area contributed by atoms with Gasteiger partial charge in [0.25, 0.3) is 0 Å². The Kier molecular flexibility index (Phi) is 6.38. The average molecular weight is 690 g/mol. The number of allylic oxidation sites excluding steroid dienone is 1. The van der Waals surface area contributed by atoms with E-state index in [1.165, 1.54) is 46.3 Å². The van der Waals surface area contributed by atoms with Gasteiger partial charge in [0.05, 0.1) is 5.56 Å². The van der Waals surface area contributed by atoms with Crippen LogP contribution < -0.4 is 0 Å². The van der Waals surface area contributed by atoms with Crippen molar-refractivity contribution in [1.29, 1.82) is 0 Å². The highest BCUT2D eigenvalue weighted by molar-refractivity contribution is 7.26. The Labute approximate surface area is 301 Å². The molecule has 6 aromatic carbocycles. The van der Waals surface area contributed by atoms with Crippen molar-refractivity contribution in [2.24, 2.45) is 0 Å². The minimum Gasteiger partial charge on any atom is -0.455 e. The van der Waals surface area contributed by atoms with Crippen LogP contribution >= 0.6 is 22.7 Å².